The van der Waals surface area contributed by atoms with E-state index in [2.05, 4.69) is 15.2 Å². The van der Waals surface area contributed by atoms with Crippen LogP contribution >= 0.6 is 46.3 Å². The van der Waals surface area contributed by atoms with Crippen LogP contribution in [0, 0.1) is 10.1 Å². The van der Waals surface area contributed by atoms with Crippen LogP contribution in [-0.2, 0) is 4.74 Å². The number of morpholine rings is 1. The number of ether oxygens (including phenoxy) is 1. The Morgan fingerprint density at radius 1 is 1.19 bits per heavy atom. The molecule has 1 amide bonds. The van der Waals surface area contributed by atoms with Crippen molar-refractivity contribution < 1.29 is 14.5 Å². The van der Waals surface area contributed by atoms with Gasteiger partial charge < -0.3 is 15.0 Å². The maximum Gasteiger partial charge on any atom is 0.294 e. The minimum Gasteiger partial charge on any atom is -0.378 e. The summed E-state index contributed by atoms with van der Waals surface area (Å²) in [5.41, 5.74) is 1.46. The molecule has 3 aromatic rings. The summed E-state index contributed by atoms with van der Waals surface area (Å²) in [4.78, 5) is 30.5. The number of amides is 1. The van der Waals surface area contributed by atoms with Crippen molar-refractivity contribution in [2.75, 3.05) is 36.5 Å². The maximum atomic E-state index is 12.8. The van der Waals surface area contributed by atoms with E-state index in [1.165, 1.54) is 18.5 Å². The molecule has 1 aromatic carbocycles. The molecule has 8 nitrogen and oxygen atoms in total. The SMILES string of the molecule is O=C(Nc1ccc(N2CCOCC2)cc1)c1cc([N+](=O)[O-])c(Sc2c(Cl)cncc2Cl)s1. The third kappa shape index (κ3) is 5.16. The number of thiophene rings is 1. The smallest absolute Gasteiger partial charge is 0.294 e. The Hall–Kier alpha value is -2.37. The van der Waals surface area contributed by atoms with Crippen LogP contribution in [0.2, 0.25) is 10.0 Å². The number of halogens is 2. The average Bonchev–Trinajstić information content (AvgIpc) is 3.22. The van der Waals surface area contributed by atoms with Crippen molar-refractivity contribution in [2.24, 2.45) is 0 Å². The summed E-state index contributed by atoms with van der Waals surface area (Å²) in [5, 5.41) is 14.9. The monoisotopic (exact) mass is 510 g/mol. The number of nitrogens with zero attached hydrogens (tertiary/aromatic N) is 3. The summed E-state index contributed by atoms with van der Waals surface area (Å²) in [6.07, 6.45) is 2.81. The molecule has 1 aliphatic rings. The summed E-state index contributed by atoms with van der Waals surface area (Å²) in [6, 6.07) is 8.71. The first-order chi connectivity index (χ1) is 15.4. The van der Waals surface area contributed by atoms with E-state index in [4.69, 9.17) is 27.9 Å². The summed E-state index contributed by atoms with van der Waals surface area (Å²) in [7, 11) is 0. The van der Waals surface area contributed by atoms with Crippen molar-refractivity contribution in [3.63, 3.8) is 0 Å². The molecule has 32 heavy (non-hydrogen) atoms. The van der Waals surface area contributed by atoms with Gasteiger partial charge in [-0.1, -0.05) is 35.0 Å². The highest BCUT2D eigenvalue weighted by Gasteiger charge is 2.25. The molecule has 1 fully saturated rings. The first kappa shape index (κ1) is 22.8. The van der Waals surface area contributed by atoms with E-state index in [9.17, 15) is 14.9 Å². The fourth-order valence-electron chi connectivity index (χ4n) is 3.04. The number of aromatic nitrogens is 1. The Balaban J connectivity index is 1.51. The van der Waals surface area contributed by atoms with Gasteiger partial charge in [-0.3, -0.25) is 19.9 Å². The molecule has 1 saturated heterocycles. The number of pyridine rings is 1. The van der Waals surface area contributed by atoms with Gasteiger partial charge in [-0.2, -0.15) is 0 Å². The van der Waals surface area contributed by atoms with Gasteiger partial charge in [0.2, 0.25) is 0 Å². The molecular weight excluding hydrogens is 495 g/mol. The van der Waals surface area contributed by atoms with Crippen LogP contribution in [0.1, 0.15) is 9.67 Å². The lowest BCUT2D eigenvalue weighted by Crippen LogP contribution is -2.36. The highest BCUT2D eigenvalue weighted by molar-refractivity contribution is 8.01. The molecule has 0 radical (unpaired) electrons. The van der Waals surface area contributed by atoms with Gasteiger partial charge in [0, 0.05) is 42.9 Å². The molecule has 0 bridgehead atoms. The van der Waals surface area contributed by atoms with Gasteiger partial charge in [0.1, 0.15) is 9.09 Å². The van der Waals surface area contributed by atoms with Crippen molar-refractivity contribution in [3.05, 3.63) is 67.8 Å². The maximum absolute atomic E-state index is 12.8. The average molecular weight is 511 g/mol. The zero-order valence-corrected chi connectivity index (χ0v) is 19.6. The second kappa shape index (κ2) is 10.1. The summed E-state index contributed by atoms with van der Waals surface area (Å²) < 4.78 is 5.66. The zero-order valence-electron chi connectivity index (χ0n) is 16.4. The van der Waals surface area contributed by atoms with E-state index in [1.54, 1.807) is 12.1 Å². The van der Waals surface area contributed by atoms with Crippen LogP contribution in [0.4, 0.5) is 17.1 Å². The van der Waals surface area contributed by atoms with Crippen LogP contribution in [0.15, 0.2) is 51.8 Å². The Bertz CT molecular complexity index is 1130. The molecule has 0 atom stereocenters. The van der Waals surface area contributed by atoms with Crippen LogP contribution in [0.5, 0.6) is 0 Å². The van der Waals surface area contributed by atoms with Gasteiger partial charge in [0.05, 0.1) is 33.1 Å². The standard InChI is InChI=1S/C20H16Cl2N4O4S2/c21-14-10-23-11-15(22)18(14)32-20-16(26(28)29)9-17(31-20)19(27)24-12-1-3-13(4-2-12)25-5-7-30-8-6-25/h1-4,9-11H,5-8H2,(H,24,27). The summed E-state index contributed by atoms with van der Waals surface area (Å²) in [6.45, 7) is 3.00. The molecule has 12 heteroatoms. The quantitative estimate of drug-likeness (QED) is 0.340. The zero-order chi connectivity index (χ0) is 22.7. The third-order valence-corrected chi connectivity index (χ3v) is 7.86. The van der Waals surface area contributed by atoms with Gasteiger partial charge >= 0.3 is 0 Å². The lowest BCUT2D eigenvalue weighted by molar-refractivity contribution is -0.387. The number of benzene rings is 1. The Morgan fingerprint density at radius 3 is 2.47 bits per heavy atom. The van der Waals surface area contributed by atoms with Gasteiger partial charge in [0.25, 0.3) is 11.6 Å². The van der Waals surface area contributed by atoms with Gasteiger partial charge in [0.15, 0.2) is 0 Å². The van der Waals surface area contributed by atoms with E-state index >= 15 is 0 Å². The Labute approximate surface area is 201 Å². The number of anilines is 2. The van der Waals surface area contributed by atoms with E-state index in [0.29, 0.717) is 28.0 Å². The second-order valence-electron chi connectivity index (χ2n) is 6.68. The van der Waals surface area contributed by atoms with E-state index in [1.807, 2.05) is 12.1 Å². The molecule has 4 rings (SSSR count). The molecule has 0 saturated carbocycles. The van der Waals surface area contributed by atoms with Crippen LogP contribution in [0.3, 0.4) is 0 Å². The van der Waals surface area contributed by atoms with Crippen LogP contribution in [0.25, 0.3) is 0 Å². The molecule has 2 aromatic heterocycles. The number of hydrogen-bond donors (Lipinski definition) is 1. The van der Waals surface area contributed by atoms with Crippen molar-refractivity contribution >= 4 is 69.3 Å². The van der Waals surface area contributed by atoms with Crippen LogP contribution < -0.4 is 10.2 Å². The van der Waals surface area contributed by atoms with Gasteiger partial charge in [-0.05, 0) is 24.3 Å². The first-order valence-corrected chi connectivity index (χ1v) is 11.8. The van der Waals surface area contributed by atoms with Crippen molar-refractivity contribution in [2.45, 2.75) is 9.10 Å². The number of nitro groups is 1. The van der Waals surface area contributed by atoms with E-state index in [0.717, 1.165) is 41.9 Å². The highest BCUT2D eigenvalue weighted by atomic mass is 35.5. The predicted molar refractivity (Wildman–Crippen MR) is 127 cm³/mol. The van der Waals surface area contributed by atoms with Crippen LogP contribution in [-0.4, -0.2) is 42.1 Å². The van der Waals surface area contributed by atoms with Gasteiger partial charge in [-0.25, -0.2) is 0 Å². The molecule has 1 N–H and O–H groups in total. The molecule has 0 unspecified atom stereocenters. The van der Waals surface area contributed by atoms with Gasteiger partial charge in [-0.15, -0.1) is 11.3 Å². The number of carbonyl (C=O) groups excluding carboxylic acids is 1. The predicted octanol–water partition coefficient (Wildman–Crippen LogP) is 5.60. The minimum absolute atomic E-state index is 0.184. The fraction of sp³-hybridized carbons (Fsp3) is 0.200. The molecular formula is C20H16Cl2N4O4S2. The lowest BCUT2D eigenvalue weighted by atomic mass is 10.2. The Morgan fingerprint density at radius 2 is 1.84 bits per heavy atom. The number of nitrogens with one attached hydrogen (secondary N) is 1. The normalized spacial score (nSPS) is 13.8. The minimum atomic E-state index is -0.532. The summed E-state index contributed by atoms with van der Waals surface area (Å²) in [5.74, 6) is -0.434. The first-order valence-electron chi connectivity index (χ1n) is 9.41. The van der Waals surface area contributed by atoms with E-state index in [-0.39, 0.29) is 20.6 Å². The lowest BCUT2D eigenvalue weighted by Gasteiger charge is -2.28. The molecule has 0 aliphatic carbocycles. The third-order valence-electron chi connectivity index (χ3n) is 4.61. The largest absolute Gasteiger partial charge is 0.378 e. The Kier molecular flexibility index (Phi) is 7.17. The second-order valence-corrected chi connectivity index (χ2v) is 9.82. The van der Waals surface area contributed by atoms with E-state index < -0.39 is 10.8 Å². The summed E-state index contributed by atoms with van der Waals surface area (Å²) >= 11 is 14.3. The molecule has 166 valence electrons. The van der Waals surface area contributed by atoms with Crippen molar-refractivity contribution in [1.29, 1.82) is 0 Å². The number of hydrogen-bond acceptors (Lipinski definition) is 8. The molecule has 1 aliphatic heterocycles. The number of rotatable bonds is 6. The molecule has 0 spiro atoms. The highest BCUT2D eigenvalue weighted by Crippen LogP contribution is 2.45. The number of carbonyl (C=O) groups is 1. The van der Waals surface area contributed by atoms with Crippen molar-refractivity contribution in [3.8, 4) is 0 Å². The molecule has 3 heterocycles. The van der Waals surface area contributed by atoms with Crippen molar-refractivity contribution in [1.82, 2.24) is 4.98 Å². The fourth-order valence-corrected chi connectivity index (χ4v) is 5.79. The topological polar surface area (TPSA) is 97.6 Å².